The monoisotopic (exact) mass is 381 g/mol. The molecule has 0 saturated carbocycles. The van der Waals surface area contributed by atoms with Gasteiger partial charge in [-0.1, -0.05) is 6.07 Å². The van der Waals surface area contributed by atoms with E-state index in [2.05, 4.69) is 0 Å². The van der Waals surface area contributed by atoms with Gasteiger partial charge >= 0.3 is 0 Å². The number of aliphatic hydroxyl groups excluding tert-OH is 1. The Hall–Kier alpha value is -3.32. The Kier molecular flexibility index (Phi) is 4.29. The fourth-order valence-corrected chi connectivity index (χ4v) is 3.78. The van der Waals surface area contributed by atoms with Crippen LogP contribution in [0.1, 0.15) is 21.5 Å². The smallest absolute Gasteiger partial charge is 0.294 e. The molecule has 4 rings (SSSR count). The van der Waals surface area contributed by atoms with Crippen LogP contribution < -0.4 is 9.64 Å². The third-order valence-corrected chi connectivity index (χ3v) is 5.23. The fourth-order valence-electron chi connectivity index (χ4n) is 3.10. The molecule has 0 fully saturated rings. The molecule has 0 spiro atoms. The number of nitrogens with zero attached hydrogens (tertiary/aromatic N) is 1. The lowest BCUT2D eigenvalue weighted by atomic mass is 10.00. The predicted molar refractivity (Wildman–Crippen MR) is 100 cm³/mol. The van der Waals surface area contributed by atoms with E-state index in [0.717, 1.165) is 0 Å². The van der Waals surface area contributed by atoms with Crippen LogP contribution in [0.5, 0.6) is 5.75 Å². The van der Waals surface area contributed by atoms with Crippen LogP contribution in [0.15, 0.2) is 75.9 Å². The Balaban J connectivity index is 1.83. The maximum atomic E-state index is 13.0. The molecular formula is C20H15NO5S. The molecule has 1 aliphatic heterocycles. The predicted octanol–water partition coefficient (Wildman–Crippen LogP) is 4.13. The van der Waals surface area contributed by atoms with Crippen molar-refractivity contribution in [3.63, 3.8) is 0 Å². The van der Waals surface area contributed by atoms with Crippen molar-refractivity contribution in [2.24, 2.45) is 0 Å². The number of carbonyl (C=O) groups excluding carboxylic acids is 2. The first-order valence-corrected chi connectivity index (χ1v) is 9.02. The summed E-state index contributed by atoms with van der Waals surface area (Å²) in [4.78, 5) is 27.6. The highest BCUT2D eigenvalue weighted by Gasteiger charge is 2.46. The Morgan fingerprint density at radius 3 is 2.56 bits per heavy atom. The van der Waals surface area contributed by atoms with Crippen molar-refractivity contribution in [2.75, 3.05) is 12.0 Å². The van der Waals surface area contributed by atoms with E-state index in [0.29, 0.717) is 22.1 Å². The second-order valence-corrected chi connectivity index (χ2v) is 6.81. The Bertz CT molecular complexity index is 1000. The van der Waals surface area contributed by atoms with Crippen LogP contribution in [0.25, 0.3) is 0 Å². The Morgan fingerprint density at radius 1 is 1.19 bits per heavy atom. The number of hydrogen-bond donors (Lipinski definition) is 1. The molecule has 0 aliphatic carbocycles. The molecule has 3 aromatic rings. The second kappa shape index (κ2) is 6.77. The summed E-state index contributed by atoms with van der Waals surface area (Å²) < 4.78 is 10.6. The first kappa shape index (κ1) is 17.1. The Labute approximate surface area is 158 Å². The highest BCUT2D eigenvalue weighted by molar-refractivity contribution is 7.12. The van der Waals surface area contributed by atoms with Gasteiger partial charge in [0.15, 0.2) is 5.76 Å². The summed E-state index contributed by atoms with van der Waals surface area (Å²) in [5, 5.41) is 12.3. The van der Waals surface area contributed by atoms with E-state index in [-0.39, 0.29) is 5.57 Å². The van der Waals surface area contributed by atoms with Gasteiger partial charge in [-0.3, -0.25) is 14.5 Å². The van der Waals surface area contributed by atoms with Gasteiger partial charge in [-0.15, -0.1) is 11.3 Å². The maximum Gasteiger partial charge on any atom is 0.294 e. The van der Waals surface area contributed by atoms with Crippen molar-refractivity contribution in [3.05, 3.63) is 82.1 Å². The molecular weight excluding hydrogens is 366 g/mol. The van der Waals surface area contributed by atoms with E-state index in [1.807, 2.05) is 0 Å². The lowest BCUT2D eigenvalue weighted by Gasteiger charge is -2.25. The zero-order valence-corrected chi connectivity index (χ0v) is 15.1. The molecule has 0 saturated heterocycles. The number of benzene rings is 1. The van der Waals surface area contributed by atoms with E-state index in [1.54, 1.807) is 61.0 Å². The number of furan rings is 1. The van der Waals surface area contributed by atoms with Gasteiger partial charge < -0.3 is 14.3 Å². The summed E-state index contributed by atoms with van der Waals surface area (Å²) in [6.07, 6.45) is 1.47. The van der Waals surface area contributed by atoms with Gasteiger partial charge in [-0.05, 0) is 47.8 Å². The van der Waals surface area contributed by atoms with Crippen LogP contribution >= 0.6 is 11.3 Å². The number of rotatable bonds is 5. The number of anilines is 1. The summed E-state index contributed by atoms with van der Waals surface area (Å²) in [6.45, 7) is 0. The van der Waals surface area contributed by atoms with Gasteiger partial charge in [0, 0.05) is 5.69 Å². The van der Waals surface area contributed by atoms with E-state index in [9.17, 15) is 14.7 Å². The molecule has 0 bridgehead atoms. The van der Waals surface area contributed by atoms with Crippen molar-refractivity contribution in [1.29, 1.82) is 0 Å². The van der Waals surface area contributed by atoms with Crippen molar-refractivity contribution in [2.45, 2.75) is 6.04 Å². The highest BCUT2D eigenvalue weighted by atomic mass is 32.1. The molecule has 1 amide bonds. The number of aliphatic hydroxyl groups is 1. The largest absolute Gasteiger partial charge is 0.503 e. The van der Waals surface area contributed by atoms with Crippen molar-refractivity contribution >= 4 is 28.7 Å². The quantitative estimate of drug-likeness (QED) is 0.672. The second-order valence-electron chi connectivity index (χ2n) is 5.86. The van der Waals surface area contributed by atoms with Crippen LogP contribution in [-0.4, -0.2) is 23.9 Å². The Morgan fingerprint density at radius 2 is 1.96 bits per heavy atom. The normalized spacial score (nSPS) is 16.9. The topological polar surface area (TPSA) is 80.0 Å². The molecule has 1 aromatic carbocycles. The van der Waals surface area contributed by atoms with Crippen LogP contribution in [0, 0.1) is 0 Å². The lowest BCUT2D eigenvalue weighted by Crippen LogP contribution is -2.30. The first-order chi connectivity index (χ1) is 13.1. The van der Waals surface area contributed by atoms with Gasteiger partial charge in [0.1, 0.15) is 17.6 Å². The van der Waals surface area contributed by atoms with Gasteiger partial charge in [0.2, 0.25) is 5.78 Å². The first-order valence-electron chi connectivity index (χ1n) is 8.14. The molecule has 27 heavy (non-hydrogen) atoms. The van der Waals surface area contributed by atoms with Gasteiger partial charge in [0.25, 0.3) is 5.91 Å². The molecule has 136 valence electrons. The number of amides is 1. The number of carbonyl (C=O) groups is 2. The standard InChI is InChI=1S/C20H15NO5S/c1-25-13-8-6-12(7-9-13)21-17(14-4-2-10-26-14)16(19(23)20(21)24)18(22)15-5-3-11-27-15/h2-11,17,23H,1H3. The zero-order chi connectivity index (χ0) is 19.0. The fraction of sp³-hybridized carbons (Fsp3) is 0.100. The molecule has 2 aromatic heterocycles. The zero-order valence-electron chi connectivity index (χ0n) is 14.3. The summed E-state index contributed by atoms with van der Waals surface area (Å²) in [5.74, 6) is -0.588. The van der Waals surface area contributed by atoms with Crippen LogP contribution in [0.4, 0.5) is 5.69 Å². The van der Waals surface area contributed by atoms with Gasteiger partial charge in [-0.2, -0.15) is 0 Å². The number of hydrogen-bond acceptors (Lipinski definition) is 6. The molecule has 0 radical (unpaired) electrons. The maximum absolute atomic E-state index is 13.0. The van der Waals surface area contributed by atoms with Crippen LogP contribution in [-0.2, 0) is 4.79 Å². The van der Waals surface area contributed by atoms with Crippen LogP contribution in [0.3, 0.4) is 0 Å². The average Bonchev–Trinajstić information content (AvgIpc) is 3.44. The molecule has 6 nitrogen and oxygen atoms in total. The number of Topliss-reactive ketones (excluding diaryl/α,β-unsaturated/α-hetero) is 1. The molecule has 1 atom stereocenters. The number of ether oxygens (including phenoxy) is 1. The molecule has 1 unspecified atom stereocenters. The van der Waals surface area contributed by atoms with E-state index < -0.39 is 23.5 Å². The summed E-state index contributed by atoms with van der Waals surface area (Å²) in [6, 6.07) is 12.7. The molecule has 7 heteroatoms. The van der Waals surface area contributed by atoms with Gasteiger partial charge in [0.05, 0.1) is 23.8 Å². The van der Waals surface area contributed by atoms with Crippen molar-refractivity contribution in [3.8, 4) is 5.75 Å². The minimum absolute atomic E-state index is 0.00761. The third kappa shape index (κ3) is 2.82. The molecule has 3 heterocycles. The minimum atomic E-state index is -0.851. The lowest BCUT2D eigenvalue weighted by molar-refractivity contribution is -0.117. The molecule has 1 aliphatic rings. The number of thiophene rings is 1. The summed E-state index contributed by atoms with van der Waals surface area (Å²) in [5.41, 5.74) is 0.524. The van der Waals surface area contributed by atoms with Gasteiger partial charge in [-0.25, -0.2) is 0 Å². The highest BCUT2D eigenvalue weighted by Crippen LogP contribution is 2.42. The van der Waals surface area contributed by atoms with Crippen molar-refractivity contribution < 1.29 is 23.8 Å². The summed E-state index contributed by atoms with van der Waals surface area (Å²) in [7, 11) is 1.55. The van der Waals surface area contributed by atoms with Crippen molar-refractivity contribution in [1.82, 2.24) is 0 Å². The van der Waals surface area contributed by atoms with E-state index in [1.165, 1.54) is 22.5 Å². The number of methoxy groups -OCH3 is 1. The minimum Gasteiger partial charge on any atom is -0.503 e. The average molecular weight is 381 g/mol. The van der Waals surface area contributed by atoms with E-state index in [4.69, 9.17) is 9.15 Å². The van der Waals surface area contributed by atoms with E-state index >= 15 is 0 Å². The number of ketones is 1. The SMILES string of the molecule is COc1ccc(N2C(=O)C(O)=C(C(=O)c3cccs3)C2c2ccco2)cc1. The summed E-state index contributed by atoms with van der Waals surface area (Å²) >= 11 is 1.25. The van der Waals surface area contributed by atoms with Crippen LogP contribution in [0.2, 0.25) is 0 Å². The third-order valence-electron chi connectivity index (χ3n) is 4.36. The molecule has 1 N–H and O–H groups in total.